The maximum Gasteiger partial charge on any atom is 0.261 e. The molecule has 158 valence electrons. The van der Waals surface area contributed by atoms with E-state index in [2.05, 4.69) is 10.3 Å². The van der Waals surface area contributed by atoms with E-state index in [9.17, 15) is 18.0 Å². The molecule has 0 spiro atoms. The highest BCUT2D eigenvalue weighted by Crippen LogP contribution is 2.28. The second kappa shape index (κ2) is 8.25. The van der Waals surface area contributed by atoms with Gasteiger partial charge in [-0.05, 0) is 42.8 Å². The summed E-state index contributed by atoms with van der Waals surface area (Å²) in [6.07, 6.45) is 1.31. The lowest BCUT2D eigenvalue weighted by molar-refractivity contribution is -0.116. The van der Waals surface area contributed by atoms with Crippen molar-refractivity contribution in [2.45, 2.75) is 18.4 Å². The van der Waals surface area contributed by atoms with E-state index in [1.807, 2.05) is 6.92 Å². The van der Waals surface area contributed by atoms with Crippen molar-refractivity contribution in [2.75, 3.05) is 26.5 Å². The molecule has 0 aliphatic rings. The van der Waals surface area contributed by atoms with Crippen LogP contribution in [0.2, 0.25) is 0 Å². The average molecular weight is 430 g/mol. The molecule has 0 aliphatic heterocycles. The molecule has 9 nitrogen and oxygen atoms in total. The van der Waals surface area contributed by atoms with Gasteiger partial charge < -0.3 is 10.1 Å². The molecule has 0 bridgehead atoms. The van der Waals surface area contributed by atoms with Crippen LogP contribution in [0, 0.1) is 6.92 Å². The number of hydrogen-bond acceptors (Lipinski definition) is 6. The molecule has 30 heavy (non-hydrogen) atoms. The number of ether oxygens (including phenoxy) is 1. The Morgan fingerprint density at radius 3 is 2.60 bits per heavy atom. The van der Waals surface area contributed by atoms with Gasteiger partial charge in [-0.15, -0.1) is 0 Å². The zero-order valence-electron chi connectivity index (χ0n) is 17.0. The summed E-state index contributed by atoms with van der Waals surface area (Å²) < 4.78 is 32.2. The van der Waals surface area contributed by atoms with E-state index >= 15 is 0 Å². The van der Waals surface area contributed by atoms with Gasteiger partial charge in [-0.1, -0.05) is 6.07 Å². The SMILES string of the molecule is COc1ccc(S(=O)(=O)N(C)C)cc1NC(=O)Cn1cnc2cc(C)ccc2c1=O. The molecule has 0 aliphatic carbocycles. The van der Waals surface area contributed by atoms with E-state index in [-0.39, 0.29) is 22.7 Å². The summed E-state index contributed by atoms with van der Waals surface area (Å²) in [5.41, 5.74) is 1.37. The fraction of sp³-hybridized carbons (Fsp3) is 0.250. The maximum atomic E-state index is 12.6. The number of methoxy groups -OCH3 is 1. The normalized spacial score (nSPS) is 11.6. The molecule has 3 rings (SSSR count). The van der Waals surface area contributed by atoms with Crippen LogP contribution in [0.4, 0.5) is 5.69 Å². The molecule has 1 aromatic heterocycles. The van der Waals surface area contributed by atoms with Crippen LogP contribution in [0.15, 0.2) is 52.4 Å². The molecule has 1 heterocycles. The number of amides is 1. The zero-order chi connectivity index (χ0) is 22.1. The highest BCUT2D eigenvalue weighted by Gasteiger charge is 2.20. The fourth-order valence-electron chi connectivity index (χ4n) is 2.88. The van der Waals surface area contributed by atoms with Gasteiger partial charge in [0.05, 0.1) is 34.9 Å². The Morgan fingerprint density at radius 2 is 1.93 bits per heavy atom. The molecule has 1 N–H and O–H groups in total. The lowest BCUT2D eigenvalue weighted by Crippen LogP contribution is -2.28. The van der Waals surface area contributed by atoms with E-state index in [0.29, 0.717) is 16.7 Å². The molecule has 3 aromatic rings. The minimum Gasteiger partial charge on any atom is -0.495 e. The number of hydrogen-bond donors (Lipinski definition) is 1. The second-order valence-corrected chi connectivity index (χ2v) is 9.05. The van der Waals surface area contributed by atoms with E-state index < -0.39 is 15.9 Å². The van der Waals surface area contributed by atoms with E-state index in [4.69, 9.17) is 4.74 Å². The molecular weight excluding hydrogens is 408 g/mol. The summed E-state index contributed by atoms with van der Waals surface area (Å²) in [6, 6.07) is 9.44. The number of nitrogens with one attached hydrogen (secondary N) is 1. The van der Waals surface area contributed by atoms with Gasteiger partial charge in [0.15, 0.2) is 0 Å². The van der Waals surface area contributed by atoms with Gasteiger partial charge in [0.2, 0.25) is 15.9 Å². The van der Waals surface area contributed by atoms with Crippen LogP contribution in [-0.4, -0.2) is 49.4 Å². The summed E-state index contributed by atoms with van der Waals surface area (Å²) in [6.45, 7) is 1.61. The van der Waals surface area contributed by atoms with Crippen LogP contribution in [0.25, 0.3) is 10.9 Å². The Hall–Kier alpha value is -3.24. The number of benzene rings is 2. The molecule has 0 unspecified atom stereocenters. The van der Waals surface area contributed by atoms with Crippen molar-refractivity contribution >= 4 is 32.5 Å². The first kappa shape index (κ1) is 21.5. The Kier molecular flexibility index (Phi) is 5.90. The van der Waals surface area contributed by atoms with Crippen molar-refractivity contribution in [1.82, 2.24) is 13.9 Å². The summed E-state index contributed by atoms with van der Waals surface area (Å²) in [7, 11) is 0.545. The quantitative estimate of drug-likeness (QED) is 0.636. The van der Waals surface area contributed by atoms with Gasteiger partial charge in [0.25, 0.3) is 5.56 Å². The van der Waals surface area contributed by atoms with Gasteiger partial charge in [-0.3, -0.25) is 14.2 Å². The van der Waals surface area contributed by atoms with E-state index in [1.165, 1.54) is 50.3 Å². The second-order valence-electron chi connectivity index (χ2n) is 6.90. The number of carbonyl (C=O) groups is 1. The lowest BCUT2D eigenvalue weighted by Gasteiger charge is -2.15. The fourth-order valence-corrected chi connectivity index (χ4v) is 3.81. The highest BCUT2D eigenvalue weighted by atomic mass is 32.2. The van der Waals surface area contributed by atoms with Crippen molar-refractivity contribution in [3.63, 3.8) is 0 Å². The van der Waals surface area contributed by atoms with Gasteiger partial charge >= 0.3 is 0 Å². The smallest absolute Gasteiger partial charge is 0.261 e. The van der Waals surface area contributed by atoms with Crippen LogP contribution in [0.1, 0.15) is 5.56 Å². The van der Waals surface area contributed by atoms with Gasteiger partial charge in [-0.2, -0.15) is 0 Å². The van der Waals surface area contributed by atoms with Crippen LogP contribution in [-0.2, 0) is 21.4 Å². The summed E-state index contributed by atoms with van der Waals surface area (Å²) in [4.78, 5) is 29.5. The summed E-state index contributed by atoms with van der Waals surface area (Å²) in [5.74, 6) is -0.233. The van der Waals surface area contributed by atoms with Gasteiger partial charge in [0, 0.05) is 14.1 Å². The first-order valence-corrected chi connectivity index (χ1v) is 10.4. The predicted octanol–water partition coefficient (Wildman–Crippen LogP) is 1.60. The van der Waals surface area contributed by atoms with Gasteiger partial charge in [0.1, 0.15) is 12.3 Å². The number of fused-ring (bicyclic) bond motifs is 1. The first-order chi connectivity index (χ1) is 14.1. The molecule has 0 fully saturated rings. The molecule has 0 saturated carbocycles. The molecule has 2 aromatic carbocycles. The maximum absolute atomic E-state index is 12.6. The zero-order valence-corrected chi connectivity index (χ0v) is 17.9. The molecule has 0 radical (unpaired) electrons. The highest BCUT2D eigenvalue weighted by molar-refractivity contribution is 7.89. The Balaban J connectivity index is 1.89. The number of aromatic nitrogens is 2. The third kappa shape index (κ3) is 4.19. The third-order valence-corrected chi connectivity index (χ3v) is 6.33. The Morgan fingerprint density at radius 1 is 1.20 bits per heavy atom. The molecule has 1 amide bonds. The van der Waals surface area contributed by atoms with Crippen molar-refractivity contribution < 1.29 is 17.9 Å². The Bertz CT molecular complexity index is 1280. The van der Waals surface area contributed by atoms with Crippen molar-refractivity contribution in [1.29, 1.82) is 0 Å². The van der Waals surface area contributed by atoms with Crippen LogP contribution in [0.5, 0.6) is 5.75 Å². The van der Waals surface area contributed by atoms with Crippen LogP contribution >= 0.6 is 0 Å². The molecular formula is C20H22N4O5S. The third-order valence-electron chi connectivity index (χ3n) is 4.52. The largest absolute Gasteiger partial charge is 0.495 e. The number of nitrogens with zero attached hydrogens (tertiary/aromatic N) is 3. The minimum atomic E-state index is -3.69. The average Bonchev–Trinajstić information content (AvgIpc) is 2.69. The number of sulfonamides is 1. The van der Waals surface area contributed by atoms with E-state index in [1.54, 1.807) is 18.2 Å². The lowest BCUT2D eigenvalue weighted by atomic mass is 10.2. The predicted molar refractivity (Wildman–Crippen MR) is 113 cm³/mol. The van der Waals surface area contributed by atoms with Crippen LogP contribution in [0.3, 0.4) is 0 Å². The van der Waals surface area contributed by atoms with Crippen LogP contribution < -0.4 is 15.6 Å². The summed E-state index contributed by atoms with van der Waals surface area (Å²) >= 11 is 0. The van der Waals surface area contributed by atoms with Gasteiger partial charge in [-0.25, -0.2) is 17.7 Å². The molecule has 0 saturated heterocycles. The number of rotatable bonds is 6. The number of anilines is 1. The molecule has 0 atom stereocenters. The monoisotopic (exact) mass is 430 g/mol. The van der Waals surface area contributed by atoms with E-state index in [0.717, 1.165) is 9.87 Å². The Labute approximate surface area is 174 Å². The van der Waals surface area contributed by atoms with Crippen molar-refractivity contribution in [3.8, 4) is 5.75 Å². The number of aryl methyl sites for hydroxylation is 1. The first-order valence-electron chi connectivity index (χ1n) is 8.99. The minimum absolute atomic E-state index is 0.00325. The number of carbonyl (C=O) groups excluding carboxylic acids is 1. The summed E-state index contributed by atoms with van der Waals surface area (Å²) in [5, 5.41) is 3.02. The standard InChI is InChI=1S/C20H22N4O5S/c1-13-5-7-15-16(9-13)21-12-24(20(15)26)11-19(25)22-17-10-14(6-8-18(17)29-4)30(27,28)23(2)3/h5-10,12H,11H2,1-4H3,(H,22,25). The molecule has 10 heteroatoms. The van der Waals surface area contributed by atoms with Crippen molar-refractivity contribution in [2.24, 2.45) is 0 Å². The van der Waals surface area contributed by atoms with Crippen molar-refractivity contribution in [3.05, 3.63) is 58.6 Å². The topological polar surface area (TPSA) is 111 Å².